The smallest absolute Gasteiger partial charge is 0.387 e. The predicted molar refractivity (Wildman–Crippen MR) is 95.0 cm³/mol. The van der Waals surface area contributed by atoms with Gasteiger partial charge in [0, 0.05) is 17.5 Å². The second-order valence-electron chi connectivity index (χ2n) is 6.12. The van der Waals surface area contributed by atoms with Crippen molar-refractivity contribution < 1.29 is 23.1 Å². The molecule has 0 aliphatic rings. The summed E-state index contributed by atoms with van der Waals surface area (Å²) >= 11 is 1.35. The monoisotopic (exact) mass is 386 g/mol. The van der Waals surface area contributed by atoms with Gasteiger partial charge in [0.25, 0.3) is 5.91 Å². The molecular weight excluding hydrogens is 365 g/mol. The predicted octanol–water partition coefficient (Wildman–Crippen LogP) is 3.51. The number of aryl methyl sites for hydroxylation is 1. The molecule has 1 amide bonds. The van der Waals surface area contributed by atoms with Gasteiger partial charge in [0.1, 0.15) is 0 Å². The van der Waals surface area contributed by atoms with E-state index in [9.17, 15) is 23.1 Å². The third-order valence-electron chi connectivity index (χ3n) is 3.99. The van der Waals surface area contributed by atoms with Crippen LogP contribution in [0.4, 0.5) is 13.2 Å². The van der Waals surface area contributed by atoms with E-state index in [-0.39, 0.29) is 18.2 Å². The number of carbonyl (C=O) groups excluding carboxylic acids is 1. The number of hydrogen-bond donors (Lipinski definition) is 3. The number of thiophene rings is 1. The van der Waals surface area contributed by atoms with E-state index >= 15 is 0 Å². The fourth-order valence-electron chi connectivity index (χ4n) is 2.46. The summed E-state index contributed by atoms with van der Waals surface area (Å²) in [6, 6.07) is 8.31. The molecule has 26 heavy (non-hydrogen) atoms. The van der Waals surface area contributed by atoms with Crippen LogP contribution in [0.2, 0.25) is 0 Å². The number of alkyl halides is 3. The maximum Gasteiger partial charge on any atom is 0.416 e. The number of hydrogen-bond acceptors (Lipinski definition) is 4. The van der Waals surface area contributed by atoms with E-state index in [0.717, 1.165) is 29.9 Å². The van der Waals surface area contributed by atoms with Crippen molar-refractivity contribution >= 4 is 17.2 Å². The van der Waals surface area contributed by atoms with Gasteiger partial charge in [0.05, 0.1) is 16.5 Å². The van der Waals surface area contributed by atoms with Crippen LogP contribution in [-0.2, 0) is 12.6 Å². The lowest BCUT2D eigenvalue weighted by molar-refractivity contribution is -0.137. The third-order valence-corrected chi connectivity index (χ3v) is 5.15. The Morgan fingerprint density at radius 1 is 1.31 bits per heavy atom. The average molecular weight is 386 g/mol. The molecule has 4 N–H and O–H groups in total. The number of nitrogens with one attached hydrogen (secondary N) is 1. The minimum atomic E-state index is -4.43. The van der Waals surface area contributed by atoms with Gasteiger partial charge in [-0.2, -0.15) is 13.2 Å². The van der Waals surface area contributed by atoms with Crippen LogP contribution in [0, 0.1) is 0 Å². The zero-order valence-electron chi connectivity index (χ0n) is 14.2. The first-order valence-corrected chi connectivity index (χ1v) is 8.95. The summed E-state index contributed by atoms with van der Waals surface area (Å²) in [5.41, 5.74) is 4.67. The van der Waals surface area contributed by atoms with Gasteiger partial charge >= 0.3 is 6.18 Å². The van der Waals surface area contributed by atoms with Crippen LogP contribution in [0.1, 0.15) is 45.1 Å². The number of primary amides is 1. The van der Waals surface area contributed by atoms with Crippen molar-refractivity contribution in [1.29, 1.82) is 0 Å². The summed E-state index contributed by atoms with van der Waals surface area (Å²) < 4.78 is 38.2. The summed E-state index contributed by atoms with van der Waals surface area (Å²) in [6.07, 6.45) is -3.95. The molecule has 0 fully saturated rings. The standard InChI is InChI=1S/C18H21F3N2O2S/c1-11(5-6-14-7-8-16(26-14)17(22)25)23-10-15(24)12-3-2-4-13(9-12)18(19,20)21/h2-4,7-9,11,15,23-24H,5-6,10H2,1H3,(H2,22,25)/t11-,15-/m0/s1. The third kappa shape index (κ3) is 5.82. The molecular formula is C18H21F3N2O2S. The minimum absolute atomic E-state index is 0.0505. The first-order chi connectivity index (χ1) is 12.2. The summed E-state index contributed by atoms with van der Waals surface area (Å²) in [5, 5.41) is 13.3. The summed E-state index contributed by atoms with van der Waals surface area (Å²) in [5.74, 6) is -0.448. The Morgan fingerprint density at radius 2 is 2.04 bits per heavy atom. The van der Waals surface area contributed by atoms with Crippen molar-refractivity contribution in [3.63, 3.8) is 0 Å². The highest BCUT2D eigenvalue weighted by Crippen LogP contribution is 2.30. The van der Waals surface area contributed by atoms with E-state index in [1.807, 2.05) is 13.0 Å². The molecule has 0 radical (unpaired) electrons. The van der Waals surface area contributed by atoms with E-state index in [0.29, 0.717) is 4.88 Å². The number of amides is 1. The van der Waals surface area contributed by atoms with Crippen molar-refractivity contribution in [3.8, 4) is 0 Å². The van der Waals surface area contributed by atoms with Gasteiger partial charge in [-0.15, -0.1) is 11.3 Å². The highest BCUT2D eigenvalue weighted by atomic mass is 32.1. The van der Waals surface area contributed by atoms with Gasteiger partial charge in [-0.25, -0.2) is 0 Å². The van der Waals surface area contributed by atoms with Crippen molar-refractivity contribution in [2.45, 2.75) is 38.1 Å². The highest BCUT2D eigenvalue weighted by molar-refractivity contribution is 7.14. The van der Waals surface area contributed by atoms with Crippen LogP contribution in [0.3, 0.4) is 0 Å². The lowest BCUT2D eigenvalue weighted by Crippen LogP contribution is -2.30. The Bertz CT molecular complexity index is 746. The normalized spacial score (nSPS) is 14.2. The Kier molecular flexibility index (Phi) is 6.80. The number of rotatable bonds is 8. The first-order valence-electron chi connectivity index (χ1n) is 8.14. The number of aliphatic hydroxyl groups excluding tert-OH is 1. The lowest BCUT2D eigenvalue weighted by atomic mass is 10.0. The molecule has 2 aromatic rings. The summed E-state index contributed by atoms with van der Waals surface area (Å²) in [4.78, 5) is 12.6. The van der Waals surface area contributed by atoms with Crippen molar-refractivity contribution in [1.82, 2.24) is 5.32 Å². The van der Waals surface area contributed by atoms with Crippen LogP contribution < -0.4 is 11.1 Å². The van der Waals surface area contributed by atoms with Crippen LogP contribution in [-0.4, -0.2) is 23.6 Å². The zero-order valence-corrected chi connectivity index (χ0v) is 15.0. The van der Waals surface area contributed by atoms with E-state index in [1.54, 1.807) is 6.07 Å². The van der Waals surface area contributed by atoms with E-state index in [4.69, 9.17) is 5.73 Å². The SMILES string of the molecule is C[C@@H](CCc1ccc(C(N)=O)s1)NC[C@H](O)c1cccc(C(F)(F)F)c1. The summed E-state index contributed by atoms with van der Waals surface area (Å²) in [6.45, 7) is 2.08. The number of carbonyl (C=O) groups is 1. The molecule has 4 nitrogen and oxygen atoms in total. The molecule has 1 aromatic heterocycles. The molecule has 0 aliphatic heterocycles. The second-order valence-corrected chi connectivity index (χ2v) is 7.29. The summed E-state index contributed by atoms with van der Waals surface area (Å²) in [7, 11) is 0. The number of halogens is 3. The number of nitrogens with two attached hydrogens (primary N) is 1. The van der Waals surface area contributed by atoms with Gasteiger partial charge in [0.15, 0.2) is 0 Å². The molecule has 0 spiro atoms. The molecule has 0 unspecified atom stereocenters. The van der Waals surface area contributed by atoms with Gasteiger partial charge in [-0.1, -0.05) is 12.1 Å². The van der Waals surface area contributed by atoms with Gasteiger partial charge in [0.2, 0.25) is 0 Å². The zero-order chi connectivity index (χ0) is 19.3. The van der Waals surface area contributed by atoms with Gasteiger partial charge < -0.3 is 16.2 Å². The molecule has 1 heterocycles. The molecule has 1 aromatic carbocycles. The second kappa shape index (κ2) is 8.66. The van der Waals surface area contributed by atoms with Gasteiger partial charge in [-0.3, -0.25) is 4.79 Å². The quantitative estimate of drug-likeness (QED) is 0.650. The maximum atomic E-state index is 12.7. The Hall–Kier alpha value is -1.90. The first kappa shape index (κ1) is 20.4. The average Bonchev–Trinajstić information content (AvgIpc) is 3.06. The van der Waals surface area contributed by atoms with Crippen LogP contribution in [0.5, 0.6) is 0 Å². The Balaban J connectivity index is 1.82. The highest BCUT2D eigenvalue weighted by Gasteiger charge is 2.30. The largest absolute Gasteiger partial charge is 0.416 e. The van der Waals surface area contributed by atoms with Crippen LogP contribution in [0.15, 0.2) is 36.4 Å². The van der Waals surface area contributed by atoms with E-state index in [2.05, 4.69) is 5.32 Å². The molecule has 8 heteroatoms. The molecule has 0 saturated carbocycles. The number of benzene rings is 1. The van der Waals surface area contributed by atoms with Gasteiger partial charge in [-0.05, 0) is 49.6 Å². The fraction of sp³-hybridized carbons (Fsp3) is 0.389. The maximum absolute atomic E-state index is 12.7. The fourth-order valence-corrected chi connectivity index (χ4v) is 3.33. The minimum Gasteiger partial charge on any atom is -0.387 e. The van der Waals surface area contributed by atoms with Crippen molar-refractivity contribution in [2.75, 3.05) is 6.54 Å². The van der Waals surface area contributed by atoms with Crippen molar-refractivity contribution in [3.05, 3.63) is 57.3 Å². The number of aliphatic hydroxyl groups is 1. The van der Waals surface area contributed by atoms with E-state index in [1.165, 1.54) is 23.5 Å². The lowest BCUT2D eigenvalue weighted by Gasteiger charge is -2.18. The molecule has 2 rings (SSSR count). The van der Waals surface area contributed by atoms with E-state index < -0.39 is 23.8 Å². The molecule has 0 bridgehead atoms. The Labute approximate surface area is 153 Å². The topological polar surface area (TPSA) is 75.4 Å². The molecule has 142 valence electrons. The molecule has 0 aliphatic carbocycles. The van der Waals surface area contributed by atoms with Crippen LogP contribution in [0.25, 0.3) is 0 Å². The molecule has 2 atom stereocenters. The molecule has 0 saturated heterocycles. The van der Waals surface area contributed by atoms with Crippen LogP contribution >= 0.6 is 11.3 Å². The van der Waals surface area contributed by atoms with Crippen molar-refractivity contribution in [2.24, 2.45) is 5.73 Å². The Morgan fingerprint density at radius 3 is 2.65 bits per heavy atom.